The van der Waals surface area contributed by atoms with Gasteiger partial charge < -0.3 is 9.64 Å². The highest BCUT2D eigenvalue weighted by molar-refractivity contribution is 5.80. The minimum atomic E-state index is -0.963. The molecule has 3 aromatic carbocycles. The van der Waals surface area contributed by atoms with Gasteiger partial charge in [0.1, 0.15) is 5.75 Å². The molecule has 0 spiro atoms. The van der Waals surface area contributed by atoms with Gasteiger partial charge in [-0.15, -0.1) is 0 Å². The van der Waals surface area contributed by atoms with Gasteiger partial charge in [-0.1, -0.05) is 75.4 Å². The van der Waals surface area contributed by atoms with E-state index in [1.54, 1.807) is 12.0 Å². The maximum absolute atomic E-state index is 14.4. The number of methoxy groups -OCH3 is 1. The van der Waals surface area contributed by atoms with E-state index in [1.807, 2.05) is 36.4 Å². The average Bonchev–Trinajstić information content (AvgIpc) is 3.29. The first-order valence-electron chi connectivity index (χ1n) is 12.4. The molecule has 0 bridgehead atoms. The maximum atomic E-state index is 14.4. The van der Waals surface area contributed by atoms with Crippen LogP contribution in [0.5, 0.6) is 5.75 Å². The zero-order chi connectivity index (χ0) is 25.9. The first-order chi connectivity index (χ1) is 17.2. The first kappa shape index (κ1) is 25.8. The summed E-state index contributed by atoms with van der Waals surface area (Å²) in [6, 6.07) is 19.9. The van der Waals surface area contributed by atoms with Gasteiger partial charge in [0.15, 0.2) is 11.6 Å². The van der Waals surface area contributed by atoms with Crippen molar-refractivity contribution in [3.8, 4) is 5.75 Å². The molecule has 2 atom stereocenters. The van der Waals surface area contributed by atoms with E-state index >= 15 is 0 Å². The number of benzene rings is 3. The highest BCUT2D eigenvalue weighted by Crippen LogP contribution is 2.36. The van der Waals surface area contributed by atoms with Crippen molar-refractivity contribution in [2.45, 2.75) is 64.2 Å². The van der Waals surface area contributed by atoms with Crippen molar-refractivity contribution in [2.24, 2.45) is 0 Å². The zero-order valence-corrected chi connectivity index (χ0v) is 21.4. The molecule has 4 rings (SSSR count). The molecule has 36 heavy (non-hydrogen) atoms. The van der Waals surface area contributed by atoms with E-state index in [4.69, 9.17) is 4.74 Å². The number of ether oxygens (including phenoxy) is 1. The third-order valence-corrected chi connectivity index (χ3v) is 6.91. The Labute approximate surface area is 212 Å². The maximum Gasteiger partial charge on any atom is 0.228 e. The summed E-state index contributed by atoms with van der Waals surface area (Å²) in [6.45, 7) is 7.01. The molecule has 1 aliphatic heterocycles. The van der Waals surface area contributed by atoms with Crippen molar-refractivity contribution in [2.75, 3.05) is 7.11 Å². The topological polar surface area (TPSA) is 41.6 Å². The predicted molar refractivity (Wildman–Crippen MR) is 138 cm³/mol. The van der Waals surface area contributed by atoms with E-state index in [9.17, 15) is 13.6 Å². The van der Waals surface area contributed by atoms with Crippen LogP contribution >= 0.6 is 0 Å². The van der Waals surface area contributed by atoms with E-state index in [1.165, 1.54) is 17.7 Å². The molecule has 4 nitrogen and oxygen atoms in total. The molecule has 1 N–H and O–H groups in total. The number of nitrogens with one attached hydrogen (secondary N) is 1. The molecule has 1 saturated heterocycles. The Hall–Kier alpha value is -3.25. The number of carbonyl (C=O) groups excluding carboxylic acids is 1. The van der Waals surface area contributed by atoms with E-state index in [-0.39, 0.29) is 35.5 Å². The predicted octanol–water partition coefficient (Wildman–Crippen LogP) is 6.29. The molecule has 1 aliphatic rings. The third-order valence-electron chi connectivity index (χ3n) is 6.91. The summed E-state index contributed by atoms with van der Waals surface area (Å²) in [5.41, 5.74) is 3.29. The van der Waals surface area contributed by atoms with Crippen molar-refractivity contribution in [1.29, 1.82) is 0 Å². The molecule has 0 radical (unpaired) electrons. The summed E-state index contributed by atoms with van der Waals surface area (Å²) < 4.78 is 33.8. The van der Waals surface area contributed by atoms with Gasteiger partial charge in [-0.25, -0.2) is 8.78 Å². The van der Waals surface area contributed by atoms with Crippen molar-refractivity contribution in [1.82, 2.24) is 10.2 Å². The van der Waals surface area contributed by atoms with Gasteiger partial charge in [-0.05, 0) is 41.5 Å². The van der Waals surface area contributed by atoms with Crippen LogP contribution in [0.1, 0.15) is 61.9 Å². The molecule has 3 aromatic rings. The lowest BCUT2D eigenvalue weighted by atomic mass is 9.86. The smallest absolute Gasteiger partial charge is 0.228 e. The second-order valence-corrected chi connectivity index (χ2v) is 10.4. The number of hydrogen-bond donors (Lipinski definition) is 1. The Morgan fingerprint density at radius 2 is 1.75 bits per heavy atom. The third kappa shape index (κ3) is 5.59. The Kier molecular flexibility index (Phi) is 7.74. The number of nitrogens with zero attached hydrogens (tertiary/aromatic N) is 1. The highest BCUT2D eigenvalue weighted by atomic mass is 19.2. The molecule has 0 aromatic heterocycles. The number of hydrogen-bond acceptors (Lipinski definition) is 3. The summed E-state index contributed by atoms with van der Waals surface area (Å²) in [6.07, 6.45) is 1.08. The molecule has 6 heteroatoms. The largest absolute Gasteiger partial charge is 0.496 e. The number of halogens is 2. The van der Waals surface area contributed by atoms with Gasteiger partial charge >= 0.3 is 0 Å². The van der Waals surface area contributed by atoms with Gasteiger partial charge in [0, 0.05) is 17.7 Å². The number of likely N-dealkylation sites (tertiary alicyclic amines) is 1. The van der Waals surface area contributed by atoms with E-state index in [0.29, 0.717) is 6.54 Å². The minimum Gasteiger partial charge on any atom is -0.496 e. The minimum absolute atomic E-state index is 0.0101. The van der Waals surface area contributed by atoms with E-state index < -0.39 is 11.6 Å². The van der Waals surface area contributed by atoms with Crippen LogP contribution in [0.25, 0.3) is 0 Å². The zero-order valence-electron chi connectivity index (χ0n) is 21.4. The molecule has 2 unspecified atom stereocenters. The second kappa shape index (κ2) is 10.8. The Morgan fingerprint density at radius 3 is 2.44 bits per heavy atom. The Balaban J connectivity index is 1.60. The van der Waals surface area contributed by atoms with Crippen LogP contribution in [-0.2, 0) is 23.2 Å². The first-order valence-corrected chi connectivity index (χ1v) is 12.4. The fourth-order valence-corrected chi connectivity index (χ4v) is 4.91. The van der Waals surface area contributed by atoms with Crippen LogP contribution in [0.4, 0.5) is 8.78 Å². The fourth-order valence-electron chi connectivity index (χ4n) is 4.91. The van der Waals surface area contributed by atoms with Gasteiger partial charge in [-0.2, -0.15) is 0 Å². The quantitative estimate of drug-likeness (QED) is 0.421. The molecule has 190 valence electrons. The summed E-state index contributed by atoms with van der Waals surface area (Å²) >= 11 is 0. The summed E-state index contributed by atoms with van der Waals surface area (Å²) in [5, 5.41) is 3.55. The number of carbonyl (C=O) groups is 1. The van der Waals surface area contributed by atoms with Gasteiger partial charge in [-0.3, -0.25) is 10.1 Å². The lowest BCUT2D eigenvalue weighted by Crippen LogP contribution is -2.46. The Bertz CT molecular complexity index is 1210. The normalized spacial score (nSPS) is 17.9. The van der Waals surface area contributed by atoms with E-state index in [2.05, 4.69) is 38.2 Å². The van der Waals surface area contributed by atoms with Crippen LogP contribution in [-0.4, -0.2) is 24.1 Å². The van der Waals surface area contributed by atoms with Crippen molar-refractivity contribution in [3.05, 3.63) is 101 Å². The molecule has 1 heterocycles. The van der Waals surface area contributed by atoms with Crippen LogP contribution in [0, 0.1) is 11.6 Å². The van der Waals surface area contributed by atoms with Gasteiger partial charge in [0.2, 0.25) is 5.91 Å². The molecular formula is C30H34F2N2O2. The number of amides is 1. The molecule has 0 saturated carbocycles. The fraction of sp³-hybridized carbons (Fsp3) is 0.367. The summed E-state index contributed by atoms with van der Waals surface area (Å²) in [5.74, 6) is -1.36. The van der Waals surface area contributed by atoms with Crippen LogP contribution in [0.3, 0.4) is 0 Å². The van der Waals surface area contributed by atoms with Crippen molar-refractivity contribution < 1.29 is 18.3 Å². The van der Waals surface area contributed by atoms with Crippen LogP contribution in [0.15, 0.2) is 66.7 Å². The van der Waals surface area contributed by atoms with Crippen molar-refractivity contribution in [3.63, 3.8) is 0 Å². The highest BCUT2D eigenvalue weighted by Gasteiger charge is 2.37. The number of rotatable bonds is 7. The molecule has 1 fully saturated rings. The van der Waals surface area contributed by atoms with Gasteiger partial charge in [0.25, 0.3) is 0 Å². The average molecular weight is 493 g/mol. The lowest BCUT2D eigenvalue weighted by Gasteiger charge is -2.32. The SMILES string of the molecule is COc1ccc(C(C)(C)C)cc1CNC1CCC(c2ccccc2)N1C(=O)Cc1cccc(F)c1F. The van der Waals surface area contributed by atoms with Gasteiger partial charge in [0.05, 0.1) is 25.7 Å². The van der Waals surface area contributed by atoms with E-state index in [0.717, 1.165) is 35.8 Å². The summed E-state index contributed by atoms with van der Waals surface area (Å²) in [4.78, 5) is 15.4. The monoisotopic (exact) mass is 492 g/mol. The molecular weight excluding hydrogens is 458 g/mol. The van der Waals surface area contributed by atoms with Crippen molar-refractivity contribution >= 4 is 5.91 Å². The summed E-state index contributed by atoms with van der Waals surface area (Å²) in [7, 11) is 1.65. The Morgan fingerprint density at radius 1 is 1.00 bits per heavy atom. The second-order valence-electron chi connectivity index (χ2n) is 10.4. The molecule has 0 aliphatic carbocycles. The van der Waals surface area contributed by atoms with Crippen LogP contribution < -0.4 is 10.1 Å². The molecule has 1 amide bonds. The standard InChI is InChI=1S/C30H34F2N2O2/c1-30(2,3)23-13-15-26(36-4)22(17-23)19-33-27-16-14-25(20-9-6-5-7-10-20)34(27)28(35)18-21-11-8-12-24(31)29(21)32/h5-13,15,17,25,27,33H,14,16,18-19H2,1-4H3. The lowest BCUT2D eigenvalue weighted by molar-refractivity contribution is -0.134. The van der Waals surface area contributed by atoms with Crippen LogP contribution in [0.2, 0.25) is 0 Å².